The molecule has 3 aliphatic carbocycles. The van der Waals surface area contributed by atoms with Crippen molar-refractivity contribution in [3.05, 3.63) is 54.1 Å². The Morgan fingerprint density at radius 2 is 1.67 bits per heavy atom. The summed E-state index contributed by atoms with van der Waals surface area (Å²) in [5.41, 5.74) is 0.771. The van der Waals surface area contributed by atoms with Gasteiger partial charge in [0.2, 0.25) is 0 Å². The minimum atomic E-state index is -0.243. The number of carbonyl (C=O) groups is 2. The molecule has 0 spiro atoms. The smallest absolute Gasteiger partial charge is 0.254 e. The molecule has 136 valence electrons. The monoisotopic (exact) mass is 360 g/mol. The topological polar surface area (TPSA) is 59.0 Å². The van der Waals surface area contributed by atoms with E-state index in [1.54, 1.807) is 13.3 Å². The molecule has 2 fully saturated rings. The van der Waals surface area contributed by atoms with Crippen LogP contribution in [0.1, 0.15) is 18.4 Å². The molecule has 0 N–H and O–H groups in total. The second-order valence-electron chi connectivity index (χ2n) is 7.48. The number of imide groups is 1. The van der Waals surface area contributed by atoms with Crippen LogP contribution < -0.4 is 4.74 Å². The number of hydrogen-bond donors (Lipinski definition) is 0. The summed E-state index contributed by atoms with van der Waals surface area (Å²) in [6, 6.07) is 11.8. The highest BCUT2D eigenvalue weighted by Gasteiger charge is 2.56. The highest BCUT2D eigenvalue weighted by Crippen LogP contribution is 2.49. The number of hydrazone groups is 1. The molecule has 1 heterocycles. The van der Waals surface area contributed by atoms with Gasteiger partial charge >= 0.3 is 0 Å². The predicted octanol–water partition coefficient (Wildman–Crippen LogP) is 3.38. The number of nitrogens with zero attached hydrogens (tertiary/aromatic N) is 2. The molecule has 1 aliphatic heterocycles. The second kappa shape index (κ2) is 6.05. The first-order valence-corrected chi connectivity index (χ1v) is 9.35. The fraction of sp³-hybridized carbons (Fsp3) is 0.318. The Bertz CT molecular complexity index is 978. The van der Waals surface area contributed by atoms with Crippen molar-refractivity contribution >= 4 is 28.8 Å². The molecule has 4 atom stereocenters. The van der Waals surface area contributed by atoms with E-state index in [2.05, 4.69) is 17.3 Å². The lowest BCUT2D eigenvalue weighted by Gasteiger charge is -2.37. The first-order valence-electron chi connectivity index (χ1n) is 9.35. The molecule has 5 heteroatoms. The van der Waals surface area contributed by atoms with Gasteiger partial charge in [-0.15, -0.1) is 0 Å². The van der Waals surface area contributed by atoms with E-state index in [9.17, 15) is 9.59 Å². The van der Waals surface area contributed by atoms with Gasteiger partial charge in [0.1, 0.15) is 5.75 Å². The van der Waals surface area contributed by atoms with E-state index in [0.29, 0.717) is 5.75 Å². The Kier molecular flexibility index (Phi) is 3.64. The van der Waals surface area contributed by atoms with Crippen molar-refractivity contribution in [1.29, 1.82) is 0 Å². The number of carbonyl (C=O) groups excluding carboxylic acids is 2. The first kappa shape index (κ1) is 16.2. The Morgan fingerprint density at radius 3 is 2.30 bits per heavy atom. The number of amides is 2. The van der Waals surface area contributed by atoms with Gasteiger partial charge in [-0.1, -0.05) is 42.5 Å². The third-order valence-corrected chi connectivity index (χ3v) is 6.19. The summed E-state index contributed by atoms with van der Waals surface area (Å²) in [4.78, 5) is 25.8. The van der Waals surface area contributed by atoms with Crippen LogP contribution in [0.15, 0.2) is 53.7 Å². The van der Waals surface area contributed by atoms with E-state index in [1.165, 1.54) is 0 Å². The molecular formula is C22H20N2O3. The zero-order chi connectivity index (χ0) is 18.5. The van der Waals surface area contributed by atoms with Crippen LogP contribution in [0, 0.1) is 23.7 Å². The van der Waals surface area contributed by atoms with Crippen molar-refractivity contribution in [3.8, 4) is 5.75 Å². The van der Waals surface area contributed by atoms with Crippen molar-refractivity contribution in [3.63, 3.8) is 0 Å². The van der Waals surface area contributed by atoms with Gasteiger partial charge in [0.15, 0.2) is 0 Å². The maximum atomic E-state index is 12.9. The van der Waals surface area contributed by atoms with E-state index >= 15 is 0 Å². The van der Waals surface area contributed by atoms with Crippen LogP contribution in [0.4, 0.5) is 0 Å². The van der Waals surface area contributed by atoms with Crippen molar-refractivity contribution in [2.24, 2.45) is 28.8 Å². The summed E-state index contributed by atoms with van der Waals surface area (Å²) in [6.07, 6.45) is 7.78. The molecule has 1 saturated heterocycles. The quantitative estimate of drug-likeness (QED) is 0.479. The van der Waals surface area contributed by atoms with Gasteiger partial charge in [0.25, 0.3) is 11.8 Å². The molecule has 6 rings (SSSR count). The number of ether oxygens (including phenoxy) is 1. The third-order valence-electron chi connectivity index (χ3n) is 6.19. The summed E-state index contributed by atoms with van der Waals surface area (Å²) >= 11 is 0. The molecule has 2 amide bonds. The Labute approximate surface area is 157 Å². The van der Waals surface area contributed by atoms with Crippen LogP contribution in [0.5, 0.6) is 5.75 Å². The minimum Gasteiger partial charge on any atom is -0.496 e. The lowest BCUT2D eigenvalue weighted by Crippen LogP contribution is -2.38. The Hall–Kier alpha value is -2.95. The molecule has 2 aromatic rings. The van der Waals surface area contributed by atoms with Crippen molar-refractivity contribution in [2.45, 2.75) is 12.8 Å². The fourth-order valence-electron chi connectivity index (χ4n) is 4.87. The number of fused-ring (bicyclic) bond motifs is 2. The highest BCUT2D eigenvalue weighted by molar-refractivity contribution is 6.08. The first-order chi connectivity index (χ1) is 13.2. The zero-order valence-corrected chi connectivity index (χ0v) is 15.0. The minimum absolute atomic E-state index is 0.167. The molecule has 27 heavy (non-hydrogen) atoms. The maximum absolute atomic E-state index is 12.9. The van der Waals surface area contributed by atoms with Gasteiger partial charge in [-0.2, -0.15) is 10.1 Å². The lowest BCUT2D eigenvalue weighted by molar-refractivity contribution is -0.140. The predicted molar refractivity (Wildman–Crippen MR) is 102 cm³/mol. The zero-order valence-electron chi connectivity index (χ0n) is 15.0. The summed E-state index contributed by atoms with van der Waals surface area (Å²) in [5.74, 6) is 0.183. The van der Waals surface area contributed by atoms with Crippen molar-refractivity contribution in [2.75, 3.05) is 7.11 Å². The van der Waals surface area contributed by atoms with E-state index in [1.807, 2.05) is 36.4 Å². The SMILES string of the molecule is COc1ccc2ccccc2c1/C=N\N1C(=O)[C@@H]2[C@H](C1=O)[C@H]1C=C[C@H]2CC1. The van der Waals surface area contributed by atoms with Gasteiger partial charge in [-0.05, 0) is 41.5 Å². The van der Waals surface area contributed by atoms with Crippen LogP contribution >= 0.6 is 0 Å². The Balaban J connectivity index is 1.53. The fourth-order valence-corrected chi connectivity index (χ4v) is 4.87. The molecule has 2 bridgehead atoms. The van der Waals surface area contributed by atoms with E-state index in [-0.39, 0.29) is 35.5 Å². The van der Waals surface area contributed by atoms with Gasteiger partial charge in [-0.25, -0.2) is 0 Å². The van der Waals surface area contributed by atoms with Crippen LogP contribution in [-0.4, -0.2) is 30.1 Å². The van der Waals surface area contributed by atoms with Crippen LogP contribution in [0.25, 0.3) is 10.8 Å². The van der Waals surface area contributed by atoms with Gasteiger partial charge < -0.3 is 4.74 Å². The number of rotatable bonds is 3. The number of methoxy groups -OCH3 is 1. The summed E-state index contributed by atoms with van der Waals surface area (Å²) in [6.45, 7) is 0. The normalized spacial score (nSPS) is 29.1. The summed E-state index contributed by atoms with van der Waals surface area (Å²) in [5, 5.41) is 7.45. The summed E-state index contributed by atoms with van der Waals surface area (Å²) < 4.78 is 5.47. The standard InChI is InChI=1S/C22H20N2O3/c1-27-18-11-10-13-4-2-3-5-16(13)17(18)12-23-24-21(25)19-14-6-7-15(9-8-14)20(19)22(24)26/h2-7,10-12,14-15,19-20H,8-9H2,1H3/b23-12-/t14-,15-,19-,20+/m0/s1. The molecular weight excluding hydrogens is 340 g/mol. The molecule has 5 nitrogen and oxygen atoms in total. The van der Waals surface area contributed by atoms with Crippen molar-refractivity contribution in [1.82, 2.24) is 5.01 Å². The third kappa shape index (κ3) is 2.34. The van der Waals surface area contributed by atoms with Crippen LogP contribution in [-0.2, 0) is 9.59 Å². The average Bonchev–Trinajstić information content (AvgIpc) is 2.99. The number of hydrogen-bond acceptors (Lipinski definition) is 4. The largest absolute Gasteiger partial charge is 0.496 e. The second-order valence-corrected chi connectivity index (χ2v) is 7.48. The van der Waals surface area contributed by atoms with E-state index in [0.717, 1.165) is 34.2 Å². The number of benzene rings is 2. The van der Waals surface area contributed by atoms with Crippen LogP contribution in [0.3, 0.4) is 0 Å². The highest BCUT2D eigenvalue weighted by atomic mass is 16.5. The van der Waals surface area contributed by atoms with Gasteiger partial charge in [-0.3, -0.25) is 9.59 Å². The molecule has 0 aromatic heterocycles. The molecule has 0 radical (unpaired) electrons. The maximum Gasteiger partial charge on any atom is 0.254 e. The Morgan fingerprint density at radius 1 is 1.00 bits per heavy atom. The lowest BCUT2D eigenvalue weighted by atomic mass is 9.63. The summed E-state index contributed by atoms with van der Waals surface area (Å²) in [7, 11) is 1.60. The van der Waals surface area contributed by atoms with Gasteiger partial charge in [0.05, 0.1) is 25.2 Å². The molecule has 4 aliphatic rings. The molecule has 0 unspecified atom stereocenters. The number of allylic oxidation sites excluding steroid dienone is 2. The average molecular weight is 360 g/mol. The van der Waals surface area contributed by atoms with Crippen molar-refractivity contribution < 1.29 is 14.3 Å². The van der Waals surface area contributed by atoms with Crippen LogP contribution in [0.2, 0.25) is 0 Å². The molecule has 2 aromatic carbocycles. The van der Waals surface area contributed by atoms with E-state index in [4.69, 9.17) is 4.74 Å². The molecule has 1 saturated carbocycles. The van der Waals surface area contributed by atoms with E-state index < -0.39 is 0 Å². The van der Waals surface area contributed by atoms with Gasteiger partial charge in [0, 0.05) is 5.56 Å².